The number of fused-ring (bicyclic) bond motifs is 15. The van der Waals surface area contributed by atoms with Gasteiger partial charge in [-0.15, -0.1) is 0 Å². The Kier molecular flexibility index (Phi) is 19.7. The molecule has 38 nitrogen and oxygen atoms in total. The second kappa shape index (κ2) is 34.3. The number of aromatic nitrogens is 29. The van der Waals surface area contributed by atoms with E-state index in [2.05, 4.69) is 148 Å². The second-order valence-corrected chi connectivity index (χ2v) is 38.3. The minimum absolute atomic E-state index is 0.0762. The van der Waals surface area contributed by atoms with Gasteiger partial charge in [0.15, 0.2) is 0 Å². The SMILES string of the molecule is c1ccc2nc3oc(-c4cc(-c5nc6nc7ccccc7nc6o5)cc(-c5nc6nc7ccccc7nc6o5)c4)nc3nc2c1.c1cnc2[se]c(-c3cc(-c4nc5cccnc5[se]4)cc(-c4nc5cccnc5[se]4)c3)nc2c1.c1cnc2oc(-c3cc(-c4nc5cccnc5o4)cc(-c4nc5cccnc5o4)c3)nc2c1.c1cnc2oc(-c3cc(-c4nc5nccnc5o4)cc(-c4nc5nccnc5o4)c3)nc2c1. The van der Waals surface area contributed by atoms with Crippen LogP contribution in [0.5, 0.6) is 0 Å². The van der Waals surface area contributed by atoms with Crippen LogP contribution in [0.3, 0.4) is 0 Å². The molecule has 144 heavy (non-hydrogen) atoms. The molecule has 31 aromatic rings. The van der Waals surface area contributed by atoms with Crippen molar-refractivity contribution in [2.45, 2.75) is 0 Å². The normalized spacial score (nSPS) is 11.8. The maximum Gasteiger partial charge on any atom is 0.266 e. The average Bonchev–Trinajstić information content (AvgIpc) is 1.64. The molecular weight excluding hydrogens is 2020 g/mol. The van der Waals surface area contributed by atoms with Crippen LogP contribution in [0.15, 0.2) is 338 Å². The standard InChI is InChI=1S/C33H15N9O3.C24H12N6O3.C24H12N6Se3.C22H10N8O3/c1-4-10-22-19(7-1)34-25-31(37-22)43-28(40-25)16-13-17(29-41-26-32(44-29)38-23-11-5-2-8-20(23)35-26)15-18(14-16)30-42-27-33(45-30)39-24-12-6-3-9-21(24)36-27;2*1-4-16-22(25-7-1)31-19(28-16)13-10-14(20-29-17-5-2-8-26-23(17)32-20)12-15(11-13)21-30-18-6-3-9-27-24(18)33-21;1-2-14-20(25-3-1)31-17(28-14)11-8-12(18-29-15-21(32-18)26-6-4-23-15)10-13(9-11)19-30-16-22(33-19)27-7-5-24-16/h1-15H;2*1-12H;1-10H. The van der Waals surface area contributed by atoms with Gasteiger partial charge in [-0.05, 0) is 140 Å². The van der Waals surface area contributed by atoms with Crippen molar-refractivity contribution in [3.8, 4) is 133 Å². The number of benzene rings is 7. The summed E-state index contributed by atoms with van der Waals surface area (Å²) in [4.78, 5) is 131. The molecule has 0 aliphatic carbocycles. The fourth-order valence-electron chi connectivity index (χ4n) is 16.2. The van der Waals surface area contributed by atoms with Gasteiger partial charge < -0.3 is 39.8 Å². The Morgan fingerprint density at radius 2 is 0.340 bits per heavy atom. The van der Waals surface area contributed by atoms with E-state index in [1.54, 1.807) is 55.6 Å². The number of pyridine rings is 7. The first kappa shape index (κ1) is 82.8. The summed E-state index contributed by atoms with van der Waals surface area (Å²) in [6, 6.07) is 72.7. The van der Waals surface area contributed by atoms with Crippen molar-refractivity contribution in [3.05, 3.63) is 299 Å². The molecule has 0 aliphatic rings. The molecule has 24 aromatic heterocycles. The van der Waals surface area contributed by atoms with E-state index in [0.717, 1.165) is 76.7 Å². The molecule has 0 atom stereocenters. The summed E-state index contributed by atoms with van der Waals surface area (Å²) in [6.45, 7) is 0. The Balaban J connectivity index is 0.0000000943. The third-order valence-electron chi connectivity index (χ3n) is 22.7. The summed E-state index contributed by atoms with van der Waals surface area (Å²) in [7, 11) is 0. The number of hydrogen-bond acceptors (Lipinski definition) is 38. The van der Waals surface area contributed by atoms with Crippen molar-refractivity contribution in [1.29, 1.82) is 0 Å². The zero-order chi connectivity index (χ0) is 94.8. The second-order valence-electron chi connectivity index (χ2n) is 32.1. The van der Waals surface area contributed by atoms with Gasteiger partial charge in [0, 0.05) is 99.6 Å². The van der Waals surface area contributed by atoms with Crippen LogP contribution >= 0.6 is 0 Å². The van der Waals surface area contributed by atoms with E-state index in [0.29, 0.717) is 221 Å². The fourth-order valence-corrected chi connectivity index (χ4v) is 21.8. The summed E-state index contributed by atoms with van der Waals surface area (Å²) >= 11 is 0.229. The zero-order valence-electron chi connectivity index (χ0n) is 73.2. The Bertz CT molecular complexity index is 8480. The third kappa shape index (κ3) is 15.6. The molecule has 31 rings (SSSR count). The topological polar surface area (TPSA) is 492 Å². The summed E-state index contributed by atoms with van der Waals surface area (Å²) in [6.07, 6.45) is 18.4. The van der Waals surface area contributed by atoms with Gasteiger partial charge in [0.05, 0.1) is 33.1 Å². The van der Waals surface area contributed by atoms with Gasteiger partial charge in [-0.2, -0.15) is 24.9 Å². The predicted octanol–water partition coefficient (Wildman–Crippen LogP) is 20.0. The smallest absolute Gasteiger partial charge is 0.266 e. The molecule has 0 spiro atoms. The number of hydrogen-bond donors (Lipinski definition) is 0. The molecule has 0 radical (unpaired) electrons. The molecule has 0 aliphatic heterocycles. The minimum Gasteiger partial charge on any atom is -0.418 e. The van der Waals surface area contributed by atoms with Gasteiger partial charge in [0.25, 0.3) is 28.6 Å². The van der Waals surface area contributed by atoms with E-state index in [9.17, 15) is 0 Å². The first-order valence-corrected chi connectivity index (χ1v) is 49.2. The van der Waals surface area contributed by atoms with Crippen molar-refractivity contribution in [2.75, 3.05) is 0 Å². The molecule has 0 N–H and O–H groups in total. The van der Waals surface area contributed by atoms with Crippen LogP contribution < -0.4 is 0 Å². The van der Waals surface area contributed by atoms with Gasteiger partial charge in [0.2, 0.25) is 104 Å². The Morgan fingerprint density at radius 1 is 0.139 bits per heavy atom. The summed E-state index contributed by atoms with van der Waals surface area (Å²) in [5, 5.41) is 0. The first-order chi connectivity index (χ1) is 71.1. The van der Waals surface area contributed by atoms with Gasteiger partial charge in [-0.3, -0.25) is 0 Å². The Hall–Kier alpha value is -19.4. The maximum atomic E-state index is 6.13. The quantitative estimate of drug-likeness (QED) is 0.103. The molecule has 678 valence electrons. The number of nitrogens with zero attached hydrogens (tertiary/aromatic N) is 29. The number of oxazole rings is 9. The first-order valence-electron chi connectivity index (χ1n) is 44.0. The van der Waals surface area contributed by atoms with Crippen molar-refractivity contribution in [2.24, 2.45) is 0 Å². The summed E-state index contributed by atoms with van der Waals surface area (Å²) in [5.74, 6) is 3.20. The molecular formula is C103H49N29O9Se3. The van der Waals surface area contributed by atoms with Crippen LogP contribution in [0.4, 0.5) is 0 Å². The molecule has 0 saturated carbocycles. The van der Waals surface area contributed by atoms with Gasteiger partial charge >= 0.3 is 207 Å². The molecule has 41 heteroatoms. The van der Waals surface area contributed by atoms with E-state index < -0.39 is 0 Å². The zero-order valence-corrected chi connectivity index (χ0v) is 78.3. The van der Waals surface area contributed by atoms with Gasteiger partial charge in [-0.1, -0.05) is 36.4 Å². The predicted molar refractivity (Wildman–Crippen MR) is 531 cm³/mol. The van der Waals surface area contributed by atoms with Crippen LogP contribution in [0.1, 0.15) is 0 Å². The van der Waals surface area contributed by atoms with E-state index in [-0.39, 0.29) is 43.5 Å². The Morgan fingerprint density at radius 3 is 0.597 bits per heavy atom. The van der Waals surface area contributed by atoms with Gasteiger partial charge in [-0.25, -0.2) is 89.7 Å². The number of rotatable bonds is 12. The largest absolute Gasteiger partial charge is 0.418 e. The van der Waals surface area contributed by atoms with E-state index in [1.807, 2.05) is 225 Å². The van der Waals surface area contributed by atoms with Crippen LogP contribution in [-0.2, 0) is 0 Å². The van der Waals surface area contributed by atoms with Crippen molar-refractivity contribution < 1.29 is 39.8 Å². The van der Waals surface area contributed by atoms with Crippen molar-refractivity contribution >= 4 is 208 Å². The van der Waals surface area contributed by atoms with E-state index in [4.69, 9.17) is 54.7 Å². The summed E-state index contributed by atoms with van der Waals surface area (Å²) < 4.78 is 60.2. The fraction of sp³-hybridized carbons (Fsp3) is 0. The average molecular weight is 2070 g/mol. The molecule has 0 saturated heterocycles. The van der Waals surface area contributed by atoms with Crippen molar-refractivity contribution in [3.63, 3.8) is 0 Å². The monoisotopic (exact) mass is 2080 g/mol. The Labute approximate surface area is 818 Å². The van der Waals surface area contributed by atoms with Crippen LogP contribution in [-0.4, -0.2) is 188 Å². The van der Waals surface area contributed by atoms with Crippen LogP contribution in [0, 0.1) is 0 Å². The molecule has 24 heterocycles. The number of para-hydroxylation sites is 6. The molecule has 0 bridgehead atoms. The molecule has 0 amide bonds. The van der Waals surface area contributed by atoms with Gasteiger partial charge in [0.1, 0.15) is 22.1 Å². The minimum atomic E-state index is 0.0762. The molecule has 0 unspecified atom stereocenters. The van der Waals surface area contributed by atoms with Crippen LogP contribution in [0.25, 0.3) is 298 Å². The van der Waals surface area contributed by atoms with E-state index in [1.165, 1.54) is 0 Å². The molecule has 7 aromatic carbocycles. The molecule has 0 fully saturated rings. The van der Waals surface area contributed by atoms with Crippen LogP contribution in [0.2, 0.25) is 0 Å². The third-order valence-corrected chi connectivity index (χ3v) is 29.2. The maximum absolute atomic E-state index is 6.13. The van der Waals surface area contributed by atoms with Crippen molar-refractivity contribution in [1.82, 2.24) is 145 Å². The van der Waals surface area contributed by atoms with E-state index >= 15 is 0 Å². The summed E-state index contributed by atoms with van der Waals surface area (Å²) in [5.41, 5.74) is 24.5.